The molecule has 1 N–H and O–H groups in total. The second kappa shape index (κ2) is 16.8. The third-order valence-electron chi connectivity index (χ3n) is 0.813. The largest absolute Gasteiger partial charge is 2.00 e. The Morgan fingerprint density at radius 1 is 0.789 bits per heavy atom. The van der Waals surface area contributed by atoms with Gasteiger partial charge < -0.3 is 15.3 Å². The topological polar surface area (TPSA) is 118 Å². The number of hydrogen-bond acceptors (Lipinski definition) is 5. The van der Waals surface area contributed by atoms with Crippen LogP contribution in [0.5, 0.6) is 0 Å². The van der Waals surface area contributed by atoms with Crippen molar-refractivity contribution in [3.05, 3.63) is 23.7 Å². The summed E-state index contributed by atoms with van der Waals surface area (Å²) in [7, 11) is 0. The van der Waals surface area contributed by atoms with Gasteiger partial charge in [-0.2, -0.15) is 0 Å². The molecule has 0 aliphatic heterocycles. The summed E-state index contributed by atoms with van der Waals surface area (Å²) in [5, 5.41) is 27.4. The molecule has 0 spiro atoms. The summed E-state index contributed by atoms with van der Waals surface area (Å²) in [5.41, 5.74) is 0. The van der Waals surface area contributed by atoms with E-state index in [-0.39, 0.29) is 49.3 Å². The Hall–Kier alpha value is -1.23. The summed E-state index contributed by atoms with van der Waals surface area (Å²) < 4.78 is 0. The van der Waals surface area contributed by atoms with Crippen molar-refractivity contribution in [2.45, 2.75) is 34.6 Å². The Balaban J connectivity index is -0.0000000900. The SMILES string of the molecule is CC(=O)/C=C(/C)[O-].CC(=O)/C=C(/C)[O-].CC(=O)O.[Zr+2]. The quantitative estimate of drug-likeness (QED) is 0.543. The molecule has 0 amide bonds. The fourth-order valence-corrected chi connectivity index (χ4v) is 0.572. The summed E-state index contributed by atoms with van der Waals surface area (Å²) in [6.45, 7) is 6.48. The van der Waals surface area contributed by atoms with Crippen LogP contribution in [0.2, 0.25) is 0 Å². The van der Waals surface area contributed by atoms with Gasteiger partial charge in [0.15, 0.2) is 11.6 Å². The Labute approximate surface area is 132 Å². The predicted octanol–water partition coefficient (Wildman–Crippen LogP) is -0.233. The molecule has 106 valence electrons. The van der Waals surface area contributed by atoms with Gasteiger partial charge in [-0.05, 0) is 26.0 Å². The summed E-state index contributed by atoms with van der Waals surface area (Å²) in [6, 6.07) is 0. The maximum Gasteiger partial charge on any atom is 2.00 e. The molecule has 0 unspecified atom stereocenters. The van der Waals surface area contributed by atoms with Crippen LogP contribution in [0, 0.1) is 0 Å². The zero-order chi connectivity index (χ0) is 15.3. The van der Waals surface area contributed by atoms with E-state index in [4.69, 9.17) is 9.90 Å². The summed E-state index contributed by atoms with van der Waals surface area (Å²) in [4.78, 5) is 29.0. The van der Waals surface area contributed by atoms with Crippen LogP contribution >= 0.6 is 0 Å². The van der Waals surface area contributed by atoms with E-state index in [9.17, 15) is 19.8 Å². The second-order valence-corrected chi connectivity index (χ2v) is 3.25. The number of allylic oxidation sites excluding steroid dienone is 4. The smallest absolute Gasteiger partial charge is 0.876 e. The zero-order valence-electron chi connectivity index (χ0n) is 11.6. The van der Waals surface area contributed by atoms with Gasteiger partial charge in [-0.1, -0.05) is 13.8 Å². The van der Waals surface area contributed by atoms with Gasteiger partial charge in [0.1, 0.15) is 0 Å². The van der Waals surface area contributed by atoms with Crippen molar-refractivity contribution in [1.29, 1.82) is 0 Å². The van der Waals surface area contributed by atoms with Crippen molar-refractivity contribution < 1.29 is 55.9 Å². The van der Waals surface area contributed by atoms with Crippen LogP contribution in [0.1, 0.15) is 34.6 Å². The second-order valence-electron chi connectivity index (χ2n) is 3.25. The average molecular weight is 349 g/mol. The third-order valence-corrected chi connectivity index (χ3v) is 0.813. The number of carbonyl (C=O) groups is 3. The van der Waals surface area contributed by atoms with Crippen LogP contribution in [0.4, 0.5) is 0 Å². The van der Waals surface area contributed by atoms with Crippen LogP contribution in [-0.4, -0.2) is 22.6 Å². The molecule has 19 heavy (non-hydrogen) atoms. The molecule has 6 nitrogen and oxygen atoms in total. The van der Waals surface area contributed by atoms with Crippen molar-refractivity contribution in [2.75, 3.05) is 0 Å². The first-order valence-electron chi connectivity index (χ1n) is 4.90. The van der Waals surface area contributed by atoms with Crippen molar-refractivity contribution >= 4 is 17.5 Å². The molecule has 0 aromatic carbocycles. The van der Waals surface area contributed by atoms with Gasteiger partial charge in [0.25, 0.3) is 5.97 Å². The number of carboxylic acid groups (broad SMARTS) is 1. The minimum Gasteiger partial charge on any atom is -0.876 e. The minimum absolute atomic E-state index is 0. The normalized spacial score (nSPS) is 9.74. The summed E-state index contributed by atoms with van der Waals surface area (Å²) in [6.07, 6.45) is 2.11. The summed E-state index contributed by atoms with van der Waals surface area (Å²) in [5.74, 6) is -1.58. The Bertz CT molecular complexity index is 304. The summed E-state index contributed by atoms with van der Waals surface area (Å²) >= 11 is 0. The van der Waals surface area contributed by atoms with E-state index in [0.29, 0.717) is 0 Å². The number of aliphatic carboxylic acids is 1. The number of hydrogen-bond donors (Lipinski definition) is 1. The standard InChI is InChI=1S/2C5H8O2.C2H4O2.Zr/c2*1-4(6)3-5(2)7;1-2(3)4;/h2*3,6H,1-2H3;1H3,(H,3,4);/q;;;+2/p-2/b2*4-3-;;. The van der Waals surface area contributed by atoms with Crippen LogP contribution in [-0.2, 0) is 40.6 Å². The van der Waals surface area contributed by atoms with Gasteiger partial charge in [-0.15, -0.1) is 11.5 Å². The van der Waals surface area contributed by atoms with E-state index in [1.165, 1.54) is 27.7 Å². The van der Waals surface area contributed by atoms with Crippen molar-refractivity contribution in [2.24, 2.45) is 0 Å². The van der Waals surface area contributed by atoms with Gasteiger partial charge in [0.2, 0.25) is 0 Å². The Morgan fingerprint density at radius 2 is 0.947 bits per heavy atom. The van der Waals surface area contributed by atoms with Gasteiger partial charge in [-0.3, -0.25) is 14.4 Å². The molecular formula is C12H18O6Zr. The molecule has 0 aromatic rings. The Morgan fingerprint density at radius 3 is 0.947 bits per heavy atom. The molecule has 0 aliphatic carbocycles. The first-order chi connectivity index (χ1) is 7.98. The van der Waals surface area contributed by atoms with Crippen LogP contribution in [0.15, 0.2) is 23.7 Å². The molecular weight excluding hydrogens is 331 g/mol. The maximum absolute atomic E-state index is 9.98. The number of rotatable bonds is 2. The number of ketones is 2. The molecule has 0 heterocycles. The zero-order valence-corrected chi connectivity index (χ0v) is 14.1. The molecule has 0 radical (unpaired) electrons. The molecule has 0 saturated heterocycles. The van der Waals surface area contributed by atoms with E-state index in [0.717, 1.165) is 19.1 Å². The number of carbonyl (C=O) groups excluding carboxylic acids is 2. The molecule has 0 aromatic heterocycles. The monoisotopic (exact) mass is 348 g/mol. The molecule has 0 bridgehead atoms. The molecule has 0 rings (SSSR count). The predicted molar refractivity (Wildman–Crippen MR) is 62.2 cm³/mol. The molecule has 0 atom stereocenters. The van der Waals surface area contributed by atoms with Gasteiger partial charge in [0, 0.05) is 6.92 Å². The minimum atomic E-state index is -0.833. The van der Waals surface area contributed by atoms with Gasteiger partial charge >= 0.3 is 26.2 Å². The van der Waals surface area contributed by atoms with Crippen molar-refractivity contribution in [3.63, 3.8) is 0 Å². The third kappa shape index (κ3) is 79.8. The maximum atomic E-state index is 9.98. The molecule has 0 aliphatic rings. The van der Waals surface area contributed by atoms with Crippen molar-refractivity contribution in [1.82, 2.24) is 0 Å². The van der Waals surface area contributed by atoms with Gasteiger partial charge in [-0.25, -0.2) is 0 Å². The van der Waals surface area contributed by atoms with E-state index in [1.807, 2.05) is 0 Å². The van der Waals surface area contributed by atoms with E-state index in [2.05, 4.69) is 0 Å². The first kappa shape index (κ1) is 26.4. The van der Waals surface area contributed by atoms with Crippen LogP contribution in [0.3, 0.4) is 0 Å². The fraction of sp³-hybridized carbons (Fsp3) is 0.417. The molecule has 0 fully saturated rings. The van der Waals surface area contributed by atoms with Crippen LogP contribution in [0.25, 0.3) is 0 Å². The van der Waals surface area contributed by atoms with E-state index < -0.39 is 5.97 Å². The van der Waals surface area contributed by atoms with Crippen LogP contribution < -0.4 is 10.2 Å². The Kier molecular flexibility index (Phi) is 23.3. The van der Waals surface area contributed by atoms with E-state index >= 15 is 0 Å². The molecule has 7 heteroatoms. The van der Waals surface area contributed by atoms with E-state index in [1.54, 1.807) is 0 Å². The fourth-order valence-electron chi connectivity index (χ4n) is 0.572. The molecule has 0 saturated carbocycles. The average Bonchev–Trinajstić information content (AvgIpc) is 1.96. The van der Waals surface area contributed by atoms with Gasteiger partial charge in [0.05, 0.1) is 0 Å². The first-order valence-corrected chi connectivity index (χ1v) is 4.90. The van der Waals surface area contributed by atoms with Crippen molar-refractivity contribution in [3.8, 4) is 0 Å². The number of carboxylic acids is 1.